The summed E-state index contributed by atoms with van der Waals surface area (Å²) in [7, 11) is 0. The third kappa shape index (κ3) is 3.68. The number of halogens is 2. The van der Waals surface area contributed by atoms with E-state index in [4.69, 9.17) is 16.1 Å². The Labute approximate surface area is 169 Å². The molecule has 0 radical (unpaired) electrons. The summed E-state index contributed by atoms with van der Waals surface area (Å²) in [5.41, 5.74) is 1.34. The van der Waals surface area contributed by atoms with Gasteiger partial charge in [0.1, 0.15) is 5.82 Å². The van der Waals surface area contributed by atoms with E-state index in [0.717, 1.165) is 6.07 Å². The van der Waals surface area contributed by atoms with Crippen LogP contribution in [-0.2, 0) is 6.54 Å². The Kier molecular flexibility index (Phi) is 4.98. The highest BCUT2D eigenvalue weighted by atomic mass is 35.5. The molecule has 0 fully saturated rings. The first-order chi connectivity index (χ1) is 13.9. The molecule has 0 bridgehead atoms. The third-order valence-electron chi connectivity index (χ3n) is 4.28. The van der Waals surface area contributed by atoms with E-state index in [0.29, 0.717) is 28.8 Å². The van der Waals surface area contributed by atoms with E-state index in [2.05, 4.69) is 25.7 Å². The normalized spacial score (nSPS) is 11.3. The molecular formula is C19H16ClFN6O2. The number of rotatable bonds is 5. The van der Waals surface area contributed by atoms with Crippen molar-refractivity contribution in [3.05, 3.63) is 64.6 Å². The molecule has 0 spiro atoms. The van der Waals surface area contributed by atoms with Crippen LogP contribution in [0.2, 0.25) is 5.02 Å². The van der Waals surface area contributed by atoms with Crippen LogP contribution in [0, 0.1) is 5.82 Å². The van der Waals surface area contributed by atoms with E-state index < -0.39 is 11.7 Å². The molecular weight excluding hydrogens is 399 g/mol. The summed E-state index contributed by atoms with van der Waals surface area (Å²) in [5, 5.41) is 15.0. The average molecular weight is 415 g/mol. The third-order valence-corrected chi connectivity index (χ3v) is 4.59. The number of aromatic nitrogens is 5. The minimum atomic E-state index is -0.510. The van der Waals surface area contributed by atoms with E-state index in [1.54, 1.807) is 16.7 Å². The van der Waals surface area contributed by atoms with Crippen LogP contribution in [0.5, 0.6) is 0 Å². The highest BCUT2D eigenvalue weighted by Crippen LogP contribution is 2.24. The van der Waals surface area contributed by atoms with Gasteiger partial charge in [-0.05, 0) is 30.3 Å². The Balaban J connectivity index is 1.58. The van der Waals surface area contributed by atoms with Crippen LogP contribution in [0.4, 0.5) is 4.39 Å². The Bertz CT molecular complexity index is 1200. The molecule has 3 heterocycles. The van der Waals surface area contributed by atoms with Crippen molar-refractivity contribution < 1.29 is 13.7 Å². The first-order valence-corrected chi connectivity index (χ1v) is 9.21. The second kappa shape index (κ2) is 7.59. The number of nitrogens with zero attached hydrogens (tertiary/aromatic N) is 5. The number of amides is 1. The molecule has 4 rings (SSSR count). The van der Waals surface area contributed by atoms with Crippen molar-refractivity contribution in [2.75, 3.05) is 0 Å². The zero-order valence-electron chi connectivity index (χ0n) is 15.6. The van der Waals surface area contributed by atoms with Gasteiger partial charge in [0.2, 0.25) is 0 Å². The Hall–Kier alpha value is -3.33. The maximum atomic E-state index is 13.2. The molecule has 0 unspecified atom stereocenters. The lowest BCUT2D eigenvalue weighted by Crippen LogP contribution is -2.24. The van der Waals surface area contributed by atoms with Crippen molar-refractivity contribution in [2.24, 2.45) is 0 Å². The van der Waals surface area contributed by atoms with Gasteiger partial charge in [-0.25, -0.2) is 4.39 Å². The molecule has 0 aliphatic heterocycles. The van der Waals surface area contributed by atoms with Crippen molar-refractivity contribution in [2.45, 2.75) is 26.3 Å². The van der Waals surface area contributed by atoms with E-state index >= 15 is 0 Å². The Morgan fingerprint density at radius 2 is 2.14 bits per heavy atom. The topological polar surface area (TPSA) is 98.2 Å². The smallest absolute Gasteiger partial charge is 0.261 e. The van der Waals surface area contributed by atoms with E-state index in [1.807, 2.05) is 19.9 Å². The minimum absolute atomic E-state index is 0.0354. The van der Waals surface area contributed by atoms with Crippen LogP contribution < -0.4 is 5.32 Å². The summed E-state index contributed by atoms with van der Waals surface area (Å²) in [5.74, 6) is 0.627. The number of hydrogen-bond acceptors (Lipinski definition) is 6. The van der Waals surface area contributed by atoms with E-state index in [-0.39, 0.29) is 23.0 Å². The molecule has 0 aliphatic carbocycles. The summed E-state index contributed by atoms with van der Waals surface area (Å²) in [6.45, 7) is 4.04. The van der Waals surface area contributed by atoms with Gasteiger partial charge in [-0.3, -0.25) is 9.20 Å². The van der Waals surface area contributed by atoms with Crippen LogP contribution in [-0.4, -0.2) is 30.6 Å². The summed E-state index contributed by atoms with van der Waals surface area (Å²) >= 11 is 5.94. The van der Waals surface area contributed by atoms with Crippen LogP contribution in [0.3, 0.4) is 0 Å². The second-order valence-electron chi connectivity index (χ2n) is 6.65. The van der Waals surface area contributed by atoms with Gasteiger partial charge in [-0.15, -0.1) is 10.2 Å². The standard InChI is InChI=1S/C19H16ClFN6O2/c1-10(2)16-23-19(29-26-16)13-4-3-7-27-15(24-25-17(13)27)9-22-18(28)12-6-5-11(21)8-14(12)20/h3-8,10H,9H2,1-2H3,(H,22,28). The number of carbonyl (C=O) groups is 1. The maximum Gasteiger partial charge on any atom is 0.261 e. The summed E-state index contributed by atoms with van der Waals surface area (Å²) < 4.78 is 20.2. The summed E-state index contributed by atoms with van der Waals surface area (Å²) in [4.78, 5) is 16.8. The lowest BCUT2D eigenvalue weighted by Gasteiger charge is -2.06. The number of nitrogens with one attached hydrogen (secondary N) is 1. The SMILES string of the molecule is CC(C)c1noc(-c2cccn3c(CNC(=O)c4ccc(F)cc4Cl)nnc23)n1. The van der Waals surface area contributed by atoms with Crippen molar-refractivity contribution in [3.8, 4) is 11.5 Å². The van der Waals surface area contributed by atoms with Crippen molar-refractivity contribution >= 4 is 23.2 Å². The van der Waals surface area contributed by atoms with Gasteiger partial charge in [-0.1, -0.05) is 30.6 Å². The van der Waals surface area contributed by atoms with Crippen molar-refractivity contribution in [3.63, 3.8) is 0 Å². The lowest BCUT2D eigenvalue weighted by atomic mass is 10.2. The number of fused-ring (bicyclic) bond motifs is 1. The number of pyridine rings is 1. The number of carbonyl (C=O) groups excluding carboxylic acids is 1. The van der Waals surface area contributed by atoms with Gasteiger partial charge in [-0.2, -0.15) is 4.98 Å². The van der Waals surface area contributed by atoms with Gasteiger partial charge in [0.25, 0.3) is 11.8 Å². The molecule has 0 aliphatic rings. The Morgan fingerprint density at radius 1 is 1.31 bits per heavy atom. The molecule has 1 amide bonds. The van der Waals surface area contributed by atoms with Crippen LogP contribution in [0.25, 0.3) is 17.1 Å². The van der Waals surface area contributed by atoms with E-state index in [9.17, 15) is 9.18 Å². The molecule has 29 heavy (non-hydrogen) atoms. The van der Waals surface area contributed by atoms with Gasteiger partial charge < -0.3 is 9.84 Å². The van der Waals surface area contributed by atoms with Gasteiger partial charge >= 0.3 is 0 Å². The quantitative estimate of drug-likeness (QED) is 0.535. The highest BCUT2D eigenvalue weighted by molar-refractivity contribution is 6.33. The fourth-order valence-electron chi connectivity index (χ4n) is 2.76. The first kappa shape index (κ1) is 19.0. The molecule has 148 valence electrons. The minimum Gasteiger partial charge on any atom is -0.345 e. The molecule has 3 aromatic heterocycles. The molecule has 1 aromatic carbocycles. The maximum absolute atomic E-state index is 13.2. The molecule has 1 N–H and O–H groups in total. The fraction of sp³-hybridized carbons (Fsp3) is 0.211. The molecule has 4 aromatic rings. The summed E-state index contributed by atoms with van der Waals surface area (Å²) in [6.07, 6.45) is 1.77. The van der Waals surface area contributed by atoms with Gasteiger partial charge in [0.15, 0.2) is 17.3 Å². The molecule has 10 heteroatoms. The van der Waals surface area contributed by atoms with Crippen molar-refractivity contribution in [1.29, 1.82) is 0 Å². The predicted octanol–water partition coefficient (Wildman–Crippen LogP) is 3.63. The summed E-state index contributed by atoms with van der Waals surface area (Å²) in [6, 6.07) is 7.20. The molecule has 0 atom stereocenters. The van der Waals surface area contributed by atoms with Crippen LogP contribution in [0.1, 0.15) is 41.8 Å². The molecule has 0 saturated carbocycles. The zero-order chi connectivity index (χ0) is 20.5. The average Bonchev–Trinajstić information content (AvgIpc) is 3.33. The molecule has 8 nitrogen and oxygen atoms in total. The van der Waals surface area contributed by atoms with Gasteiger partial charge in [0, 0.05) is 12.1 Å². The van der Waals surface area contributed by atoms with Crippen molar-refractivity contribution in [1.82, 2.24) is 30.1 Å². The van der Waals surface area contributed by atoms with E-state index in [1.165, 1.54) is 12.1 Å². The number of benzene rings is 1. The van der Waals surface area contributed by atoms with Crippen LogP contribution in [0.15, 0.2) is 41.1 Å². The van der Waals surface area contributed by atoms with Gasteiger partial charge in [0.05, 0.1) is 22.7 Å². The van der Waals surface area contributed by atoms with Crippen LogP contribution >= 0.6 is 11.6 Å². The lowest BCUT2D eigenvalue weighted by molar-refractivity contribution is 0.0950. The highest BCUT2D eigenvalue weighted by Gasteiger charge is 2.18. The first-order valence-electron chi connectivity index (χ1n) is 8.84. The predicted molar refractivity (Wildman–Crippen MR) is 103 cm³/mol. The number of hydrogen-bond donors (Lipinski definition) is 1. The zero-order valence-corrected chi connectivity index (χ0v) is 16.3. The monoisotopic (exact) mass is 414 g/mol. The largest absolute Gasteiger partial charge is 0.345 e. The Morgan fingerprint density at radius 3 is 2.86 bits per heavy atom. The second-order valence-corrected chi connectivity index (χ2v) is 7.06. The molecule has 0 saturated heterocycles. The fourth-order valence-corrected chi connectivity index (χ4v) is 3.01.